The van der Waals surface area contributed by atoms with Gasteiger partial charge in [0.05, 0.1) is 59.0 Å². The Morgan fingerprint density at radius 1 is 1.18 bits per heavy atom. The Kier molecular flexibility index (Phi) is 17.3. The van der Waals surface area contributed by atoms with E-state index in [1.165, 1.54) is 17.5 Å². The van der Waals surface area contributed by atoms with E-state index in [0.29, 0.717) is 63.5 Å². The predicted octanol–water partition coefficient (Wildman–Crippen LogP) is 4.05. The Labute approximate surface area is 246 Å². The quantitative estimate of drug-likeness (QED) is 0.131. The Bertz CT molecular complexity index is 1010. The number of ether oxygens (including phenoxy) is 3. The van der Waals surface area contributed by atoms with Crippen LogP contribution in [0.3, 0.4) is 0 Å². The summed E-state index contributed by atoms with van der Waals surface area (Å²) in [6.45, 7) is 14.1. The van der Waals surface area contributed by atoms with Crippen LogP contribution in [0.4, 0.5) is 0 Å². The molecule has 0 spiro atoms. The fourth-order valence-electron chi connectivity index (χ4n) is 3.71. The standard InChI is InChI=1S/C27H39Cl2N5O4S/c1-22(26-19-33(3)20-27(23(2)29)25(26)7-8-28)6-4-5-17-39-30-9-11-36-13-15-38-16-14-37-12-10-34-18-24(21-35)31-32-34/h4-8,17-18,26,30,35H,1-2,9-16,19-21H2,3H3/b6-4-,8-7+,17-5+. The highest BCUT2D eigenvalue weighted by Crippen LogP contribution is 2.33. The van der Waals surface area contributed by atoms with Crippen molar-refractivity contribution in [1.29, 1.82) is 0 Å². The lowest BCUT2D eigenvalue weighted by Crippen LogP contribution is -2.34. The second-order valence-corrected chi connectivity index (χ2v) is 10.1. The van der Waals surface area contributed by atoms with E-state index in [1.807, 2.05) is 29.7 Å². The molecule has 1 aromatic heterocycles. The van der Waals surface area contributed by atoms with Crippen LogP contribution >= 0.6 is 35.1 Å². The minimum Gasteiger partial charge on any atom is -0.390 e. The number of halogens is 2. The van der Waals surface area contributed by atoms with E-state index in [4.69, 9.17) is 42.5 Å². The maximum Gasteiger partial charge on any atom is 0.108 e. The first-order valence-corrected chi connectivity index (χ1v) is 14.3. The molecule has 9 nitrogen and oxygen atoms in total. The molecule has 1 atom stereocenters. The average Bonchev–Trinajstić information content (AvgIpc) is 3.39. The van der Waals surface area contributed by atoms with Gasteiger partial charge in [-0.15, -0.1) is 5.10 Å². The van der Waals surface area contributed by atoms with Gasteiger partial charge < -0.3 is 24.2 Å². The average molecular weight is 601 g/mol. The molecular weight excluding hydrogens is 561 g/mol. The van der Waals surface area contributed by atoms with E-state index in [-0.39, 0.29) is 12.5 Å². The third kappa shape index (κ3) is 13.5. The minimum atomic E-state index is -0.113. The number of likely N-dealkylation sites (N-methyl/N-ethyl adjacent to an activating group) is 1. The van der Waals surface area contributed by atoms with Crippen molar-refractivity contribution >= 4 is 35.1 Å². The van der Waals surface area contributed by atoms with E-state index >= 15 is 0 Å². The molecule has 2 N–H and O–H groups in total. The maximum absolute atomic E-state index is 8.96. The molecule has 0 fully saturated rings. The van der Waals surface area contributed by atoms with Crippen LogP contribution in [0.25, 0.3) is 0 Å². The second-order valence-electron chi connectivity index (χ2n) is 8.62. The highest BCUT2D eigenvalue weighted by Gasteiger charge is 2.26. The maximum atomic E-state index is 8.96. The van der Waals surface area contributed by atoms with Crippen molar-refractivity contribution in [3.63, 3.8) is 0 Å². The molecule has 1 aliphatic heterocycles. The topological polar surface area (TPSA) is 93.9 Å². The summed E-state index contributed by atoms with van der Waals surface area (Å²) in [6.07, 6.45) is 9.53. The summed E-state index contributed by atoms with van der Waals surface area (Å²) in [6, 6.07) is 0. The van der Waals surface area contributed by atoms with Gasteiger partial charge in [0.2, 0.25) is 0 Å². The summed E-state index contributed by atoms with van der Waals surface area (Å²) in [4.78, 5) is 2.20. The Balaban J connectivity index is 1.48. The summed E-state index contributed by atoms with van der Waals surface area (Å²) >= 11 is 13.6. The third-order valence-electron chi connectivity index (χ3n) is 5.62. The fraction of sp³-hybridized carbons (Fsp3) is 0.481. The molecule has 0 aromatic carbocycles. The van der Waals surface area contributed by atoms with Crippen LogP contribution in [0, 0.1) is 5.92 Å². The van der Waals surface area contributed by atoms with Crippen LogP contribution in [-0.4, -0.2) is 91.3 Å². The van der Waals surface area contributed by atoms with Crippen molar-refractivity contribution in [2.45, 2.75) is 13.2 Å². The molecule has 12 heteroatoms. The molecule has 2 heterocycles. The molecule has 1 aliphatic rings. The first-order chi connectivity index (χ1) is 19.0. The van der Waals surface area contributed by atoms with Crippen molar-refractivity contribution in [3.8, 4) is 0 Å². The molecule has 0 amide bonds. The Morgan fingerprint density at radius 3 is 2.56 bits per heavy atom. The molecule has 0 radical (unpaired) electrons. The van der Waals surface area contributed by atoms with Crippen molar-refractivity contribution in [1.82, 2.24) is 24.6 Å². The zero-order chi connectivity index (χ0) is 28.3. The first kappa shape index (κ1) is 33.5. The van der Waals surface area contributed by atoms with Crippen LogP contribution < -0.4 is 4.72 Å². The monoisotopic (exact) mass is 599 g/mol. The van der Waals surface area contributed by atoms with E-state index in [2.05, 4.69) is 40.1 Å². The SMILES string of the molecule is C=C(Cl)C1=C(/C=C/Cl)C(C(=C)/C=C\C=C\SNCCOCCOCCOCCn2cc(CO)nn2)CN(C)C1. The van der Waals surface area contributed by atoms with Gasteiger partial charge in [0, 0.05) is 36.1 Å². The van der Waals surface area contributed by atoms with Crippen molar-refractivity contribution in [2.75, 3.05) is 66.3 Å². The van der Waals surface area contributed by atoms with Crippen molar-refractivity contribution < 1.29 is 19.3 Å². The number of aromatic nitrogens is 3. The number of aliphatic hydroxyl groups is 1. The summed E-state index contributed by atoms with van der Waals surface area (Å²) < 4.78 is 21.4. The van der Waals surface area contributed by atoms with Gasteiger partial charge in [0.25, 0.3) is 0 Å². The number of aliphatic hydroxyl groups excluding tert-OH is 1. The number of nitrogens with zero attached hydrogens (tertiary/aromatic N) is 4. The lowest BCUT2D eigenvalue weighted by molar-refractivity contribution is 0.0138. The highest BCUT2D eigenvalue weighted by atomic mass is 35.5. The lowest BCUT2D eigenvalue weighted by Gasteiger charge is -2.33. The van der Waals surface area contributed by atoms with Crippen LogP contribution in [0.1, 0.15) is 5.69 Å². The van der Waals surface area contributed by atoms with Gasteiger partial charge in [-0.05, 0) is 35.3 Å². The molecule has 1 unspecified atom stereocenters. The van der Waals surface area contributed by atoms with Crippen LogP contribution in [0.2, 0.25) is 0 Å². The van der Waals surface area contributed by atoms with Gasteiger partial charge >= 0.3 is 0 Å². The summed E-state index contributed by atoms with van der Waals surface area (Å²) in [5.74, 6) is 0.0976. The lowest BCUT2D eigenvalue weighted by atomic mass is 9.84. The Morgan fingerprint density at radius 2 is 1.90 bits per heavy atom. The van der Waals surface area contributed by atoms with Crippen LogP contribution in [0.15, 0.2) is 76.4 Å². The molecule has 1 aromatic rings. The van der Waals surface area contributed by atoms with Gasteiger partial charge in [-0.2, -0.15) is 0 Å². The first-order valence-electron chi connectivity index (χ1n) is 12.6. The van der Waals surface area contributed by atoms with Gasteiger partial charge in [-0.1, -0.05) is 71.7 Å². The molecule has 0 saturated carbocycles. The third-order valence-corrected chi connectivity index (χ3v) is 6.64. The van der Waals surface area contributed by atoms with Crippen LogP contribution in [-0.2, 0) is 27.4 Å². The zero-order valence-corrected chi connectivity index (χ0v) is 24.8. The van der Waals surface area contributed by atoms with E-state index < -0.39 is 0 Å². The smallest absolute Gasteiger partial charge is 0.108 e. The number of allylic oxidation sites excluding steroid dienone is 4. The van der Waals surface area contributed by atoms with Gasteiger partial charge in [0.1, 0.15) is 5.69 Å². The van der Waals surface area contributed by atoms with Gasteiger partial charge in [-0.25, -0.2) is 4.68 Å². The highest BCUT2D eigenvalue weighted by molar-refractivity contribution is 8.00. The summed E-state index contributed by atoms with van der Waals surface area (Å²) in [5.41, 5.74) is 5.10. The van der Waals surface area contributed by atoms with E-state index in [9.17, 15) is 0 Å². The molecule has 2 rings (SSSR count). The van der Waals surface area contributed by atoms with Crippen LogP contribution in [0.5, 0.6) is 0 Å². The normalized spacial score (nSPS) is 16.9. The molecule has 216 valence electrons. The molecular formula is C27H39Cl2N5O4S. The number of nitrogens with one attached hydrogen (secondary N) is 1. The largest absolute Gasteiger partial charge is 0.390 e. The van der Waals surface area contributed by atoms with Crippen molar-refractivity contribution in [3.05, 3.63) is 82.0 Å². The summed E-state index contributed by atoms with van der Waals surface area (Å²) in [7, 11) is 2.06. The molecule has 0 saturated heterocycles. The van der Waals surface area contributed by atoms with E-state index in [0.717, 1.165) is 29.8 Å². The van der Waals surface area contributed by atoms with Gasteiger partial charge in [0.15, 0.2) is 0 Å². The minimum absolute atomic E-state index is 0.0976. The summed E-state index contributed by atoms with van der Waals surface area (Å²) in [5, 5.41) is 19.1. The van der Waals surface area contributed by atoms with Gasteiger partial charge in [-0.3, -0.25) is 4.72 Å². The number of hydrogen-bond donors (Lipinski definition) is 2. The van der Waals surface area contributed by atoms with Crippen molar-refractivity contribution in [2.24, 2.45) is 5.92 Å². The zero-order valence-electron chi connectivity index (χ0n) is 22.4. The molecule has 39 heavy (non-hydrogen) atoms. The molecule has 0 bridgehead atoms. The van der Waals surface area contributed by atoms with E-state index in [1.54, 1.807) is 10.9 Å². The number of hydrogen-bond acceptors (Lipinski definition) is 9. The fourth-order valence-corrected chi connectivity index (χ4v) is 4.48. The predicted molar refractivity (Wildman–Crippen MR) is 159 cm³/mol. The Hall–Kier alpha value is -1.73. The molecule has 0 aliphatic carbocycles. The second kappa shape index (κ2) is 20.2. The number of rotatable bonds is 20.